The molecule has 0 aliphatic carbocycles. The van der Waals surface area contributed by atoms with Crippen molar-refractivity contribution in [2.45, 2.75) is 25.9 Å². The highest BCUT2D eigenvalue weighted by molar-refractivity contribution is 6.30. The highest BCUT2D eigenvalue weighted by atomic mass is 35.5. The number of aromatic nitrogens is 4. The van der Waals surface area contributed by atoms with Crippen LogP contribution in [0.25, 0.3) is 11.0 Å². The SMILES string of the molecule is O=C(CN1C(=O)CCC1=O)NCCn1ncc2c(=O)n(Cc3cccc(Cl)c3)cnc21. The summed E-state index contributed by atoms with van der Waals surface area (Å²) in [5, 5.41) is 7.80. The molecule has 10 nitrogen and oxygen atoms in total. The van der Waals surface area contributed by atoms with Crippen molar-refractivity contribution in [2.24, 2.45) is 0 Å². The van der Waals surface area contributed by atoms with Crippen LogP contribution in [0.4, 0.5) is 0 Å². The van der Waals surface area contributed by atoms with E-state index in [2.05, 4.69) is 15.4 Å². The van der Waals surface area contributed by atoms with Crippen LogP contribution < -0.4 is 10.9 Å². The van der Waals surface area contributed by atoms with Crippen molar-refractivity contribution in [2.75, 3.05) is 13.1 Å². The van der Waals surface area contributed by atoms with Crippen LogP contribution in [-0.4, -0.2) is 55.0 Å². The lowest BCUT2D eigenvalue weighted by Gasteiger charge is -2.13. The normalized spacial score (nSPS) is 13.9. The van der Waals surface area contributed by atoms with Gasteiger partial charge in [-0.05, 0) is 17.7 Å². The molecule has 0 radical (unpaired) electrons. The predicted octanol–water partition coefficient (Wildman–Crippen LogP) is 0.560. The molecule has 4 rings (SSSR count). The second-order valence-corrected chi connectivity index (χ2v) is 7.57. The Morgan fingerprint density at radius 2 is 1.94 bits per heavy atom. The Kier molecular flexibility index (Phi) is 5.81. The Labute approximate surface area is 181 Å². The minimum absolute atomic E-state index is 0.145. The standard InChI is InChI=1S/C20H19ClN6O4/c21-14-3-1-2-13(8-14)10-25-12-23-19-15(20(25)31)9-24-27(19)7-6-22-16(28)11-26-17(29)4-5-18(26)30/h1-3,8-9,12H,4-7,10-11H2,(H,22,28). The molecule has 1 aliphatic rings. The third-order valence-electron chi connectivity index (χ3n) is 4.97. The maximum atomic E-state index is 12.8. The first-order chi connectivity index (χ1) is 14.9. The lowest BCUT2D eigenvalue weighted by atomic mass is 10.2. The first-order valence-corrected chi connectivity index (χ1v) is 10.1. The van der Waals surface area contributed by atoms with Crippen LogP contribution in [0.1, 0.15) is 18.4 Å². The fourth-order valence-electron chi connectivity index (χ4n) is 3.41. The molecular weight excluding hydrogens is 424 g/mol. The number of nitrogens with zero attached hydrogens (tertiary/aromatic N) is 5. The van der Waals surface area contributed by atoms with Crippen LogP contribution in [-0.2, 0) is 27.5 Å². The van der Waals surface area contributed by atoms with Crippen LogP contribution >= 0.6 is 11.6 Å². The van der Waals surface area contributed by atoms with E-state index in [4.69, 9.17) is 11.6 Å². The molecule has 1 aromatic carbocycles. The smallest absolute Gasteiger partial charge is 0.264 e. The summed E-state index contributed by atoms with van der Waals surface area (Å²) in [5.74, 6) is -1.11. The van der Waals surface area contributed by atoms with Gasteiger partial charge in [0.2, 0.25) is 17.7 Å². The predicted molar refractivity (Wildman–Crippen MR) is 111 cm³/mol. The Morgan fingerprint density at radius 3 is 2.68 bits per heavy atom. The summed E-state index contributed by atoms with van der Waals surface area (Å²) in [6.07, 6.45) is 3.19. The van der Waals surface area contributed by atoms with Crippen molar-refractivity contribution in [3.63, 3.8) is 0 Å². The highest BCUT2D eigenvalue weighted by Crippen LogP contribution is 2.12. The summed E-state index contributed by atoms with van der Waals surface area (Å²) < 4.78 is 3.00. The summed E-state index contributed by atoms with van der Waals surface area (Å²) >= 11 is 6.00. The average Bonchev–Trinajstić information content (AvgIpc) is 3.29. The molecule has 3 aromatic rings. The first-order valence-electron chi connectivity index (χ1n) is 9.67. The summed E-state index contributed by atoms with van der Waals surface area (Å²) in [5.41, 5.74) is 1.05. The van der Waals surface area contributed by atoms with Gasteiger partial charge in [-0.15, -0.1) is 0 Å². The van der Waals surface area contributed by atoms with E-state index in [1.54, 1.807) is 12.1 Å². The fourth-order valence-corrected chi connectivity index (χ4v) is 3.62. The third kappa shape index (κ3) is 4.48. The van der Waals surface area contributed by atoms with E-state index in [9.17, 15) is 19.2 Å². The maximum Gasteiger partial charge on any atom is 0.264 e. The zero-order chi connectivity index (χ0) is 22.0. The van der Waals surface area contributed by atoms with Gasteiger partial charge in [-0.25, -0.2) is 9.67 Å². The summed E-state index contributed by atoms with van der Waals surface area (Å²) in [6, 6.07) is 7.24. The molecule has 0 bridgehead atoms. The highest BCUT2D eigenvalue weighted by Gasteiger charge is 2.30. The number of fused-ring (bicyclic) bond motifs is 1. The van der Waals surface area contributed by atoms with Crippen LogP contribution in [0.15, 0.2) is 41.6 Å². The van der Waals surface area contributed by atoms with Crippen molar-refractivity contribution in [3.05, 3.63) is 57.7 Å². The van der Waals surface area contributed by atoms with Crippen LogP contribution in [0.2, 0.25) is 5.02 Å². The molecule has 0 unspecified atom stereocenters. The number of likely N-dealkylation sites (tertiary alicyclic amines) is 1. The van der Waals surface area contributed by atoms with Crippen LogP contribution in [0, 0.1) is 0 Å². The summed E-state index contributed by atoms with van der Waals surface area (Å²) in [7, 11) is 0. The van der Waals surface area contributed by atoms with Crippen molar-refractivity contribution in [1.29, 1.82) is 0 Å². The van der Waals surface area contributed by atoms with Gasteiger partial charge in [0.15, 0.2) is 5.65 Å². The number of nitrogens with one attached hydrogen (secondary N) is 1. The van der Waals surface area contributed by atoms with Crippen LogP contribution in [0.3, 0.4) is 0 Å². The van der Waals surface area contributed by atoms with Crippen molar-refractivity contribution < 1.29 is 14.4 Å². The lowest BCUT2D eigenvalue weighted by molar-refractivity contribution is -0.142. The van der Waals surface area contributed by atoms with Gasteiger partial charge in [-0.2, -0.15) is 5.10 Å². The maximum absolute atomic E-state index is 12.8. The Hall–Kier alpha value is -3.53. The van der Waals surface area contributed by atoms with Gasteiger partial charge >= 0.3 is 0 Å². The molecule has 31 heavy (non-hydrogen) atoms. The van der Waals surface area contributed by atoms with Gasteiger partial charge in [0, 0.05) is 24.4 Å². The zero-order valence-corrected chi connectivity index (χ0v) is 17.2. The number of halogens is 1. The summed E-state index contributed by atoms with van der Waals surface area (Å²) in [4.78, 5) is 53.2. The number of carbonyl (C=O) groups is 3. The van der Waals surface area contributed by atoms with Gasteiger partial charge in [0.1, 0.15) is 18.3 Å². The van der Waals surface area contributed by atoms with E-state index in [-0.39, 0.29) is 49.8 Å². The van der Waals surface area contributed by atoms with Gasteiger partial charge in [0.25, 0.3) is 5.56 Å². The Balaban J connectivity index is 1.39. The molecule has 1 saturated heterocycles. The minimum atomic E-state index is -0.433. The summed E-state index contributed by atoms with van der Waals surface area (Å²) in [6.45, 7) is 0.530. The van der Waals surface area contributed by atoms with E-state index in [0.717, 1.165) is 10.5 Å². The molecule has 1 aliphatic heterocycles. The molecular formula is C20H19ClN6O4. The van der Waals surface area contributed by atoms with Gasteiger partial charge < -0.3 is 5.32 Å². The Bertz CT molecular complexity index is 1220. The molecule has 3 amide bonds. The van der Waals surface area contributed by atoms with Crippen molar-refractivity contribution in [3.8, 4) is 0 Å². The number of rotatable bonds is 7. The number of hydrogen-bond acceptors (Lipinski definition) is 6. The number of imide groups is 1. The van der Waals surface area contributed by atoms with Gasteiger partial charge in [-0.1, -0.05) is 23.7 Å². The average molecular weight is 443 g/mol. The molecule has 0 saturated carbocycles. The monoisotopic (exact) mass is 442 g/mol. The Morgan fingerprint density at radius 1 is 1.16 bits per heavy atom. The zero-order valence-electron chi connectivity index (χ0n) is 16.5. The van der Waals surface area contributed by atoms with E-state index in [1.165, 1.54) is 21.8 Å². The molecule has 1 N–H and O–H groups in total. The van der Waals surface area contributed by atoms with Crippen molar-refractivity contribution in [1.82, 2.24) is 29.5 Å². The van der Waals surface area contributed by atoms with E-state index in [1.807, 2.05) is 12.1 Å². The minimum Gasteiger partial charge on any atom is -0.353 e. The molecule has 160 valence electrons. The molecule has 0 spiro atoms. The molecule has 3 heterocycles. The lowest BCUT2D eigenvalue weighted by Crippen LogP contribution is -2.40. The van der Waals surface area contributed by atoms with Gasteiger partial charge in [0.05, 0.1) is 19.3 Å². The number of carbonyl (C=O) groups excluding carboxylic acids is 3. The molecule has 0 atom stereocenters. The van der Waals surface area contributed by atoms with E-state index >= 15 is 0 Å². The largest absolute Gasteiger partial charge is 0.353 e. The van der Waals surface area contributed by atoms with Gasteiger partial charge in [-0.3, -0.25) is 28.6 Å². The second kappa shape index (κ2) is 8.68. The number of amides is 3. The third-order valence-corrected chi connectivity index (χ3v) is 5.20. The first kappa shape index (κ1) is 20.7. The number of benzene rings is 1. The molecule has 2 aromatic heterocycles. The van der Waals surface area contributed by atoms with E-state index in [0.29, 0.717) is 22.6 Å². The van der Waals surface area contributed by atoms with Crippen LogP contribution in [0.5, 0.6) is 0 Å². The van der Waals surface area contributed by atoms with Crippen molar-refractivity contribution >= 4 is 40.4 Å². The quantitative estimate of drug-likeness (QED) is 0.534. The molecule has 11 heteroatoms. The number of hydrogen-bond donors (Lipinski definition) is 1. The second-order valence-electron chi connectivity index (χ2n) is 7.14. The fraction of sp³-hybridized carbons (Fsp3) is 0.300. The van der Waals surface area contributed by atoms with E-state index < -0.39 is 5.91 Å². The topological polar surface area (TPSA) is 119 Å². The molecule has 1 fully saturated rings.